The van der Waals surface area contributed by atoms with Gasteiger partial charge in [0, 0.05) is 23.6 Å². The fourth-order valence-electron chi connectivity index (χ4n) is 6.07. The molecule has 2 aliphatic rings. The van der Waals surface area contributed by atoms with Crippen LogP contribution in [0.1, 0.15) is 74.4 Å². The lowest BCUT2D eigenvalue weighted by atomic mass is 9.88. The number of pyridine rings is 1. The molecule has 3 aromatic heterocycles. The van der Waals surface area contributed by atoms with E-state index in [0.717, 1.165) is 60.5 Å². The molecule has 2 saturated carbocycles. The number of anilines is 1. The predicted octanol–water partition coefficient (Wildman–Crippen LogP) is 5.43. The highest BCUT2D eigenvalue weighted by Crippen LogP contribution is 2.51. The largest absolute Gasteiger partial charge is 0.358 e. The summed E-state index contributed by atoms with van der Waals surface area (Å²) in [4.78, 5) is 32.0. The summed E-state index contributed by atoms with van der Waals surface area (Å²) in [6.45, 7) is 9.22. The zero-order valence-corrected chi connectivity index (χ0v) is 28.1. The summed E-state index contributed by atoms with van der Waals surface area (Å²) in [7, 11) is -0.606. The number of carbonyl (C=O) groups excluding carboxylic acids is 2. The van der Waals surface area contributed by atoms with Crippen LogP contribution in [0.5, 0.6) is 0 Å². The van der Waals surface area contributed by atoms with Crippen molar-refractivity contribution in [2.24, 2.45) is 17.8 Å². The number of aryl methyl sites for hydroxylation is 1. The normalized spacial score (nSPS) is 16.4. The van der Waals surface area contributed by atoms with E-state index in [9.17, 15) is 9.59 Å². The molecule has 2 amide bonds. The minimum Gasteiger partial charge on any atom is -0.358 e. The van der Waals surface area contributed by atoms with E-state index in [0.29, 0.717) is 36.6 Å². The first kappa shape index (κ1) is 32.2. The Labute approximate surface area is 263 Å². The summed E-state index contributed by atoms with van der Waals surface area (Å²) in [5, 5.41) is 15.3. The Morgan fingerprint density at radius 3 is 2.36 bits per heavy atom. The molecule has 11 heteroatoms. The Bertz CT molecular complexity index is 1440. The van der Waals surface area contributed by atoms with E-state index in [1.165, 1.54) is 0 Å². The molecular formula is C33H49N7O3S. The summed E-state index contributed by atoms with van der Waals surface area (Å²) < 4.78 is 9.61. The van der Waals surface area contributed by atoms with Gasteiger partial charge in [-0.15, -0.1) is 0 Å². The van der Waals surface area contributed by atoms with Crippen molar-refractivity contribution in [3.63, 3.8) is 0 Å². The summed E-state index contributed by atoms with van der Waals surface area (Å²) in [6.07, 6.45) is 15.4. The van der Waals surface area contributed by atoms with Crippen molar-refractivity contribution >= 4 is 27.5 Å². The monoisotopic (exact) mass is 623 g/mol. The zero-order valence-electron chi connectivity index (χ0n) is 27.3. The van der Waals surface area contributed by atoms with Crippen molar-refractivity contribution in [2.45, 2.75) is 78.6 Å². The minimum atomic E-state index is -0.621. The summed E-state index contributed by atoms with van der Waals surface area (Å²) >= 11 is 0. The van der Waals surface area contributed by atoms with Crippen LogP contribution in [0.4, 0.5) is 5.69 Å². The first-order valence-electron chi connectivity index (χ1n) is 15.9. The van der Waals surface area contributed by atoms with Gasteiger partial charge in [-0.3, -0.25) is 19.3 Å². The molecule has 1 unspecified atom stereocenters. The maximum Gasteiger partial charge on any atom is 0.270 e. The highest BCUT2D eigenvalue weighted by molar-refractivity contribution is 8.32. The smallest absolute Gasteiger partial charge is 0.270 e. The molecule has 5 rings (SSSR count). The van der Waals surface area contributed by atoms with E-state index >= 15 is 0 Å². The van der Waals surface area contributed by atoms with Crippen molar-refractivity contribution in [1.82, 2.24) is 29.9 Å². The molecule has 0 aliphatic heterocycles. The predicted molar refractivity (Wildman–Crippen MR) is 177 cm³/mol. The number of hydrogen-bond donors (Lipinski definition) is 2. The quantitative estimate of drug-likeness (QED) is 0.218. The summed E-state index contributed by atoms with van der Waals surface area (Å²) in [5.41, 5.74) is 4.86. The molecule has 240 valence electrons. The Morgan fingerprint density at radius 1 is 1.09 bits per heavy atom. The van der Waals surface area contributed by atoms with Crippen molar-refractivity contribution in [3.05, 3.63) is 47.7 Å². The number of carbonyl (C=O) groups is 2. The van der Waals surface area contributed by atoms with E-state index in [-0.39, 0.29) is 23.8 Å². The van der Waals surface area contributed by atoms with Gasteiger partial charge >= 0.3 is 0 Å². The van der Waals surface area contributed by atoms with E-state index in [4.69, 9.17) is 14.8 Å². The van der Waals surface area contributed by atoms with Crippen LogP contribution in [-0.4, -0.2) is 73.5 Å². The fourth-order valence-corrected chi connectivity index (χ4v) is 6.69. The van der Waals surface area contributed by atoms with Crippen LogP contribution in [0, 0.1) is 24.7 Å². The number of ether oxygens (including phenoxy) is 1. The van der Waals surface area contributed by atoms with Crippen molar-refractivity contribution in [1.29, 1.82) is 0 Å². The van der Waals surface area contributed by atoms with Gasteiger partial charge in [-0.05, 0) is 108 Å². The highest BCUT2D eigenvalue weighted by Gasteiger charge is 2.48. The van der Waals surface area contributed by atoms with Crippen LogP contribution in [0.15, 0.2) is 30.6 Å². The number of amides is 2. The van der Waals surface area contributed by atoms with Crippen LogP contribution in [0.3, 0.4) is 0 Å². The first-order chi connectivity index (χ1) is 21.0. The molecule has 2 N–H and O–H groups in total. The van der Waals surface area contributed by atoms with Gasteiger partial charge in [0.25, 0.3) is 5.91 Å². The number of rotatable bonds is 15. The van der Waals surface area contributed by atoms with E-state index in [1.54, 1.807) is 23.1 Å². The molecule has 2 aliphatic carbocycles. The van der Waals surface area contributed by atoms with Gasteiger partial charge in [0.15, 0.2) is 0 Å². The molecule has 44 heavy (non-hydrogen) atoms. The van der Waals surface area contributed by atoms with Crippen molar-refractivity contribution < 1.29 is 14.3 Å². The lowest BCUT2D eigenvalue weighted by molar-refractivity contribution is -0.119. The summed E-state index contributed by atoms with van der Waals surface area (Å²) in [6, 6.07) is 4.95. The van der Waals surface area contributed by atoms with Gasteiger partial charge in [-0.2, -0.15) is 10.2 Å². The third-order valence-corrected chi connectivity index (χ3v) is 9.98. The van der Waals surface area contributed by atoms with Crippen LogP contribution >= 0.6 is 10.0 Å². The van der Waals surface area contributed by atoms with Gasteiger partial charge in [0.2, 0.25) is 5.91 Å². The molecular weight excluding hydrogens is 574 g/mol. The van der Waals surface area contributed by atoms with Crippen LogP contribution in [0.2, 0.25) is 0 Å². The molecule has 0 spiro atoms. The van der Waals surface area contributed by atoms with E-state index in [2.05, 4.69) is 41.4 Å². The van der Waals surface area contributed by atoms with Crippen molar-refractivity contribution in [3.8, 4) is 11.3 Å². The number of nitrogens with zero attached hydrogens (tertiary/aromatic N) is 5. The average molecular weight is 624 g/mol. The van der Waals surface area contributed by atoms with Crippen molar-refractivity contribution in [2.75, 3.05) is 36.4 Å². The molecule has 1 atom stereocenters. The maximum absolute atomic E-state index is 13.8. The fraction of sp³-hybridized carbons (Fsp3) is 0.606. The molecule has 0 bridgehead atoms. The molecule has 0 aromatic carbocycles. The summed E-state index contributed by atoms with van der Waals surface area (Å²) in [5.74, 6) is 1.68. The SMILES string of the molecule is CCc1c(-c2ccc(NC(=O)C(NC(=O)c3ccnn3C(C)C)C(C3CC3)C3CC3)cn2)c(C)nn1COCCS(C)(C)C. The number of nitrogens with one attached hydrogen (secondary N) is 2. The maximum atomic E-state index is 13.8. The minimum absolute atomic E-state index is 0.0381. The number of hydrogen-bond acceptors (Lipinski definition) is 6. The van der Waals surface area contributed by atoms with Gasteiger partial charge in [-0.1, -0.05) is 6.92 Å². The second-order valence-corrected chi connectivity index (χ2v) is 18.1. The number of aromatic nitrogens is 5. The van der Waals surface area contributed by atoms with Crippen LogP contribution in [-0.2, 0) is 22.7 Å². The zero-order chi connectivity index (χ0) is 31.6. The average Bonchev–Trinajstić information content (AvgIpc) is 3.90. The van der Waals surface area contributed by atoms with Gasteiger partial charge in [0.05, 0.1) is 35.6 Å². The molecule has 10 nitrogen and oxygen atoms in total. The lowest BCUT2D eigenvalue weighted by Gasteiger charge is -2.27. The standard InChI is InChI=1S/C33H49N7O3S/c1-8-27-29(22(4)38-39(27)20-43-17-18-44(5,6)7)26-14-13-25(19-34-26)36-33(42)31(30(23-9-10-23)24-11-12-24)37-32(41)28-15-16-35-40(28)21(2)3/h13-16,19,21,23-24,30-31H,8-12,17-18,20H2,1-7H3,(H,36,42)(H,37,41). The van der Waals surface area contributed by atoms with Gasteiger partial charge < -0.3 is 15.4 Å². The van der Waals surface area contributed by atoms with E-state index in [1.807, 2.05) is 37.6 Å². The third kappa shape index (κ3) is 7.72. The molecule has 2 fully saturated rings. The van der Waals surface area contributed by atoms with Crippen LogP contribution < -0.4 is 10.6 Å². The van der Waals surface area contributed by atoms with Gasteiger partial charge in [-0.25, -0.2) is 14.7 Å². The molecule has 0 radical (unpaired) electrons. The van der Waals surface area contributed by atoms with E-state index < -0.39 is 16.1 Å². The Hall–Kier alpha value is -3.18. The molecule has 3 heterocycles. The third-order valence-electron chi connectivity index (χ3n) is 8.59. The molecule has 0 saturated heterocycles. The first-order valence-corrected chi connectivity index (χ1v) is 18.9. The second-order valence-electron chi connectivity index (χ2n) is 13.5. The lowest BCUT2D eigenvalue weighted by Crippen LogP contribution is -2.50. The Morgan fingerprint density at radius 2 is 1.80 bits per heavy atom. The topological polar surface area (TPSA) is 116 Å². The Kier molecular flexibility index (Phi) is 9.84. The second kappa shape index (κ2) is 13.4. The van der Waals surface area contributed by atoms with Crippen LogP contribution in [0.25, 0.3) is 11.3 Å². The molecule has 3 aromatic rings. The highest BCUT2D eigenvalue weighted by atomic mass is 32.3. The van der Waals surface area contributed by atoms with Gasteiger partial charge in [0.1, 0.15) is 18.5 Å². The Balaban J connectivity index is 1.30.